The Kier molecular flexibility index (Phi) is 5.20. The van der Waals surface area contributed by atoms with Crippen LogP contribution >= 0.6 is 0 Å². The second kappa shape index (κ2) is 9.37. The molecule has 0 amide bonds. The molecule has 3 heteroatoms. The Balaban J connectivity index is 1.34. The fourth-order valence-corrected chi connectivity index (χ4v) is 6.60. The zero-order chi connectivity index (χ0) is 28.3. The van der Waals surface area contributed by atoms with E-state index in [1.807, 2.05) is 12.1 Å². The number of para-hydroxylation sites is 2. The van der Waals surface area contributed by atoms with Gasteiger partial charge in [-0.25, -0.2) is 9.97 Å². The minimum Gasteiger partial charge on any atom is -0.309 e. The molecule has 7 aromatic carbocycles. The van der Waals surface area contributed by atoms with E-state index >= 15 is 0 Å². The van der Waals surface area contributed by atoms with Gasteiger partial charge in [-0.05, 0) is 52.6 Å². The quantitative estimate of drug-likeness (QED) is 0.220. The topological polar surface area (TPSA) is 30.7 Å². The molecule has 9 aromatic rings. The fourth-order valence-electron chi connectivity index (χ4n) is 6.60. The Labute approximate surface area is 248 Å². The SMILES string of the molecule is c1ccc(-c2nc(-c3ccc(-n4c5ccccc5c5cc6ccccc6cc54)c4ccccc34)nc3ccccc23)cc1. The van der Waals surface area contributed by atoms with Crippen LogP contribution in [0.2, 0.25) is 0 Å². The molecule has 0 saturated carbocycles. The van der Waals surface area contributed by atoms with E-state index in [1.165, 1.54) is 32.6 Å². The van der Waals surface area contributed by atoms with Crippen LogP contribution in [0.1, 0.15) is 0 Å². The van der Waals surface area contributed by atoms with Gasteiger partial charge in [-0.15, -0.1) is 0 Å². The lowest BCUT2D eigenvalue weighted by Gasteiger charge is -2.15. The van der Waals surface area contributed by atoms with E-state index in [-0.39, 0.29) is 0 Å². The van der Waals surface area contributed by atoms with E-state index in [0.717, 1.165) is 50.0 Å². The summed E-state index contributed by atoms with van der Waals surface area (Å²) in [5, 5.41) is 8.33. The molecule has 0 saturated heterocycles. The molecule has 0 spiro atoms. The predicted octanol–water partition coefficient (Wildman–Crippen LogP) is 10.4. The molecule has 2 heterocycles. The minimum atomic E-state index is 0.730. The number of rotatable bonds is 3. The Hall–Kier alpha value is -5.80. The Morgan fingerprint density at radius 3 is 1.91 bits per heavy atom. The average molecular weight is 548 g/mol. The molecule has 0 aliphatic carbocycles. The standard InChI is InChI=1S/C40H25N3/c1-2-12-26(13-3-1)39-33-19-8-10-20-35(33)41-40(42-39)32-22-23-37(30-17-7-6-16-29(30)32)43-36-21-11-9-18-31(36)34-24-27-14-4-5-15-28(27)25-38(34)43/h1-25H. The summed E-state index contributed by atoms with van der Waals surface area (Å²) in [7, 11) is 0. The van der Waals surface area contributed by atoms with Gasteiger partial charge < -0.3 is 4.57 Å². The van der Waals surface area contributed by atoms with Crippen LogP contribution in [0.25, 0.3) is 82.6 Å². The van der Waals surface area contributed by atoms with Crippen LogP contribution in [0.3, 0.4) is 0 Å². The maximum absolute atomic E-state index is 5.20. The molecule has 0 aliphatic heterocycles. The van der Waals surface area contributed by atoms with Crippen LogP contribution in [0.5, 0.6) is 0 Å². The maximum Gasteiger partial charge on any atom is 0.161 e. The zero-order valence-electron chi connectivity index (χ0n) is 23.3. The summed E-state index contributed by atoms with van der Waals surface area (Å²) in [5.41, 5.74) is 7.53. The van der Waals surface area contributed by atoms with Crippen molar-refractivity contribution >= 4 is 54.3 Å². The van der Waals surface area contributed by atoms with Crippen LogP contribution in [0.4, 0.5) is 0 Å². The number of aromatic nitrogens is 3. The highest BCUT2D eigenvalue weighted by Crippen LogP contribution is 2.39. The molecule has 0 fully saturated rings. The normalized spacial score (nSPS) is 11.7. The van der Waals surface area contributed by atoms with Gasteiger partial charge >= 0.3 is 0 Å². The number of hydrogen-bond donors (Lipinski definition) is 0. The third-order valence-corrected chi connectivity index (χ3v) is 8.57. The Morgan fingerprint density at radius 2 is 1.07 bits per heavy atom. The molecule has 0 N–H and O–H groups in total. The number of benzene rings is 7. The van der Waals surface area contributed by atoms with Crippen molar-refractivity contribution in [2.45, 2.75) is 0 Å². The first-order chi connectivity index (χ1) is 21.3. The monoisotopic (exact) mass is 547 g/mol. The Morgan fingerprint density at radius 1 is 0.419 bits per heavy atom. The first-order valence-corrected chi connectivity index (χ1v) is 14.6. The van der Waals surface area contributed by atoms with Crippen molar-refractivity contribution in [2.75, 3.05) is 0 Å². The third kappa shape index (κ3) is 3.68. The third-order valence-electron chi connectivity index (χ3n) is 8.57. The van der Waals surface area contributed by atoms with Crippen molar-refractivity contribution in [1.82, 2.24) is 14.5 Å². The van der Waals surface area contributed by atoms with Crippen molar-refractivity contribution in [1.29, 1.82) is 0 Å². The first-order valence-electron chi connectivity index (χ1n) is 14.6. The summed E-state index contributed by atoms with van der Waals surface area (Å²) in [6.07, 6.45) is 0. The molecule has 2 aromatic heterocycles. The maximum atomic E-state index is 5.20. The van der Waals surface area contributed by atoms with Gasteiger partial charge in [0.15, 0.2) is 5.82 Å². The highest BCUT2D eigenvalue weighted by atomic mass is 15.0. The van der Waals surface area contributed by atoms with E-state index in [2.05, 4.69) is 144 Å². The highest BCUT2D eigenvalue weighted by Gasteiger charge is 2.18. The van der Waals surface area contributed by atoms with Crippen LogP contribution in [0.15, 0.2) is 152 Å². The molecule has 0 unspecified atom stereocenters. The van der Waals surface area contributed by atoms with Crippen LogP contribution in [-0.2, 0) is 0 Å². The lowest BCUT2D eigenvalue weighted by molar-refractivity contribution is 1.19. The summed E-state index contributed by atoms with van der Waals surface area (Å²) < 4.78 is 2.42. The van der Waals surface area contributed by atoms with E-state index in [4.69, 9.17) is 9.97 Å². The van der Waals surface area contributed by atoms with Crippen molar-refractivity contribution in [2.24, 2.45) is 0 Å². The summed E-state index contributed by atoms with van der Waals surface area (Å²) in [6.45, 7) is 0. The van der Waals surface area contributed by atoms with Gasteiger partial charge in [0, 0.05) is 32.7 Å². The van der Waals surface area contributed by atoms with Gasteiger partial charge in [0.25, 0.3) is 0 Å². The van der Waals surface area contributed by atoms with E-state index in [0.29, 0.717) is 0 Å². The first kappa shape index (κ1) is 23.9. The van der Waals surface area contributed by atoms with Crippen molar-refractivity contribution in [3.8, 4) is 28.3 Å². The van der Waals surface area contributed by atoms with E-state index in [9.17, 15) is 0 Å². The van der Waals surface area contributed by atoms with Gasteiger partial charge in [0.2, 0.25) is 0 Å². The molecule has 200 valence electrons. The van der Waals surface area contributed by atoms with Gasteiger partial charge in [-0.3, -0.25) is 0 Å². The van der Waals surface area contributed by atoms with E-state index < -0.39 is 0 Å². The lowest BCUT2D eigenvalue weighted by Crippen LogP contribution is -1.99. The second-order valence-corrected chi connectivity index (χ2v) is 11.0. The fraction of sp³-hybridized carbons (Fsp3) is 0. The molecular formula is C40H25N3. The lowest BCUT2D eigenvalue weighted by atomic mass is 10.0. The molecule has 0 radical (unpaired) electrons. The summed E-state index contributed by atoms with van der Waals surface area (Å²) in [6, 6.07) is 53.7. The van der Waals surface area contributed by atoms with Gasteiger partial charge in [-0.2, -0.15) is 0 Å². The van der Waals surface area contributed by atoms with Gasteiger partial charge in [0.1, 0.15) is 0 Å². The average Bonchev–Trinajstić information content (AvgIpc) is 3.39. The predicted molar refractivity (Wildman–Crippen MR) is 180 cm³/mol. The number of hydrogen-bond acceptors (Lipinski definition) is 2. The smallest absolute Gasteiger partial charge is 0.161 e. The zero-order valence-corrected chi connectivity index (χ0v) is 23.3. The summed E-state index contributed by atoms with van der Waals surface area (Å²) in [5.74, 6) is 0.730. The molecule has 43 heavy (non-hydrogen) atoms. The van der Waals surface area contributed by atoms with Crippen molar-refractivity contribution in [3.63, 3.8) is 0 Å². The molecule has 0 bridgehead atoms. The molecule has 0 atom stereocenters. The van der Waals surface area contributed by atoms with Crippen molar-refractivity contribution < 1.29 is 0 Å². The largest absolute Gasteiger partial charge is 0.309 e. The van der Waals surface area contributed by atoms with Crippen LogP contribution in [-0.4, -0.2) is 14.5 Å². The van der Waals surface area contributed by atoms with Crippen LogP contribution < -0.4 is 0 Å². The Bertz CT molecular complexity index is 2510. The summed E-state index contributed by atoms with van der Waals surface area (Å²) >= 11 is 0. The summed E-state index contributed by atoms with van der Waals surface area (Å²) in [4.78, 5) is 10.3. The molecule has 0 aliphatic rings. The van der Waals surface area contributed by atoms with Crippen molar-refractivity contribution in [3.05, 3.63) is 152 Å². The van der Waals surface area contributed by atoms with Crippen LogP contribution in [0, 0.1) is 0 Å². The highest BCUT2D eigenvalue weighted by molar-refractivity contribution is 6.15. The van der Waals surface area contributed by atoms with Gasteiger partial charge in [0.05, 0.1) is 27.9 Å². The van der Waals surface area contributed by atoms with E-state index in [1.54, 1.807) is 0 Å². The molecule has 3 nitrogen and oxygen atoms in total. The van der Waals surface area contributed by atoms with Gasteiger partial charge in [-0.1, -0.05) is 115 Å². The molecule has 9 rings (SSSR count). The minimum absolute atomic E-state index is 0.730. The number of fused-ring (bicyclic) bond motifs is 6. The molecular weight excluding hydrogens is 522 g/mol. The number of nitrogens with zero attached hydrogens (tertiary/aromatic N) is 3. The second-order valence-electron chi connectivity index (χ2n) is 11.0.